The van der Waals surface area contributed by atoms with Gasteiger partial charge in [-0.1, -0.05) is 6.07 Å². The fourth-order valence-corrected chi connectivity index (χ4v) is 1.44. The van der Waals surface area contributed by atoms with E-state index in [4.69, 9.17) is 15.1 Å². The number of nitrogens with two attached hydrogens (primary N) is 1. The van der Waals surface area contributed by atoms with E-state index in [-0.39, 0.29) is 6.61 Å². The predicted molar refractivity (Wildman–Crippen MR) is 53.5 cm³/mol. The highest BCUT2D eigenvalue weighted by molar-refractivity contribution is 6.61. The predicted octanol–water partition coefficient (Wildman–Crippen LogP) is -1.23. The molecule has 0 unspecified atom stereocenters. The van der Waals surface area contributed by atoms with Crippen LogP contribution in [0.5, 0.6) is 5.75 Å². The van der Waals surface area contributed by atoms with Crippen molar-refractivity contribution < 1.29 is 19.2 Å². The van der Waals surface area contributed by atoms with Gasteiger partial charge in [0.05, 0.1) is 6.61 Å². The molecule has 15 heavy (non-hydrogen) atoms. The van der Waals surface area contributed by atoms with Crippen LogP contribution >= 0.6 is 0 Å². The maximum Gasteiger partial charge on any atom is 0.491 e. The lowest BCUT2D eigenvalue weighted by atomic mass is 9.79. The quantitative estimate of drug-likeness (QED) is 0.608. The Kier molecular flexibility index (Phi) is 2.61. The Morgan fingerprint density at radius 2 is 2.47 bits per heavy atom. The van der Waals surface area contributed by atoms with Gasteiger partial charge in [0.25, 0.3) is 5.91 Å². The van der Waals surface area contributed by atoms with Crippen LogP contribution in [0.1, 0.15) is 5.56 Å². The maximum absolute atomic E-state index is 10.5. The molecule has 0 spiro atoms. The zero-order chi connectivity index (χ0) is 10.8. The molecular formula is C9H10BNO4. The number of benzene rings is 1. The van der Waals surface area contributed by atoms with E-state index < -0.39 is 13.0 Å². The fourth-order valence-electron chi connectivity index (χ4n) is 1.44. The van der Waals surface area contributed by atoms with E-state index in [0.29, 0.717) is 17.8 Å². The molecule has 1 aromatic rings. The summed E-state index contributed by atoms with van der Waals surface area (Å²) in [7, 11) is -0.905. The second-order valence-corrected chi connectivity index (χ2v) is 3.28. The molecule has 78 valence electrons. The molecule has 2 rings (SSSR count). The minimum atomic E-state index is -0.905. The molecule has 3 N–H and O–H groups in total. The van der Waals surface area contributed by atoms with Gasteiger partial charge in [0.15, 0.2) is 6.61 Å². The van der Waals surface area contributed by atoms with Crippen LogP contribution in [0.15, 0.2) is 18.2 Å². The largest absolute Gasteiger partial charge is 0.491 e. The van der Waals surface area contributed by atoms with Gasteiger partial charge in [0, 0.05) is 0 Å². The number of hydrogen-bond donors (Lipinski definition) is 2. The van der Waals surface area contributed by atoms with Gasteiger partial charge in [0.1, 0.15) is 5.75 Å². The van der Waals surface area contributed by atoms with E-state index in [9.17, 15) is 9.82 Å². The normalized spacial score (nSPS) is 13.8. The Labute approximate surface area is 86.9 Å². The lowest BCUT2D eigenvalue weighted by Gasteiger charge is -2.05. The van der Waals surface area contributed by atoms with Gasteiger partial charge >= 0.3 is 7.12 Å². The third-order valence-corrected chi connectivity index (χ3v) is 2.16. The molecule has 1 heterocycles. The van der Waals surface area contributed by atoms with Crippen molar-refractivity contribution in [2.45, 2.75) is 6.61 Å². The van der Waals surface area contributed by atoms with E-state index in [0.717, 1.165) is 5.56 Å². The van der Waals surface area contributed by atoms with Crippen molar-refractivity contribution in [3.05, 3.63) is 23.8 Å². The van der Waals surface area contributed by atoms with Crippen LogP contribution < -0.4 is 15.9 Å². The number of carbonyl (C=O) groups excluding carboxylic acids is 1. The van der Waals surface area contributed by atoms with Gasteiger partial charge in [-0.05, 0) is 23.2 Å². The van der Waals surface area contributed by atoms with E-state index in [1.54, 1.807) is 18.2 Å². The van der Waals surface area contributed by atoms with Crippen LogP contribution in [-0.2, 0) is 16.1 Å². The molecule has 0 bridgehead atoms. The highest BCUT2D eigenvalue weighted by Crippen LogP contribution is 2.15. The third kappa shape index (κ3) is 2.11. The Balaban J connectivity index is 2.14. The molecule has 0 atom stereocenters. The Morgan fingerprint density at radius 3 is 3.20 bits per heavy atom. The molecular weight excluding hydrogens is 197 g/mol. The Bertz CT molecular complexity index is 396. The Morgan fingerprint density at radius 1 is 1.67 bits per heavy atom. The number of carbonyl (C=O) groups is 1. The smallest absolute Gasteiger partial charge is 0.484 e. The lowest BCUT2D eigenvalue weighted by Crippen LogP contribution is -2.28. The number of hydrogen-bond acceptors (Lipinski definition) is 4. The summed E-state index contributed by atoms with van der Waals surface area (Å²) in [6, 6.07) is 5.15. The first kappa shape index (κ1) is 10.0. The van der Waals surface area contributed by atoms with Crippen LogP contribution in [0.3, 0.4) is 0 Å². The number of ether oxygens (including phenoxy) is 1. The van der Waals surface area contributed by atoms with Crippen molar-refractivity contribution >= 4 is 18.5 Å². The van der Waals surface area contributed by atoms with Crippen molar-refractivity contribution in [2.24, 2.45) is 5.73 Å². The molecule has 1 aliphatic rings. The zero-order valence-corrected chi connectivity index (χ0v) is 7.97. The average molecular weight is 207 g/mol. The zero-order valence-electron chi connectivity index (χ0n) is 7.97. The summed E-state index contributed by atoms with van der Waals surface area (Å²) < 4.78 is 10.1. The van der Waals surface area contributed by atoms with Crippen molar-refractivity contribution in [3.63, 3.8) is 0 Å². The van der Waals surface area contributed by atoms with E-state index in [1.165, 1.54) is 0 Å². The summed E-state index contributed by atoms with van der Waals surface area (Å²) in [5, 5.41) is 9.41. The van der Waals surface area contributed by atoms with Crippen LogP contribution in [0, 0.1) is 0 Å². The maximum atomic E-state index is 10.5. The van der Waals surface area contributed by atoms with E-state index in [2.05, 4.69) is 0 Å². The monoisotopic (exact) mass is 207 g/mol. The van der Waals surface area contributed by atoms with Crippen LogP contribution in [-0.4, -0.2) is 24.7 Å². The van der Waals surface area contributed by atoms with Gasteiger partial charge in [-0.25, -0.2) is 0 Å². The second kappa shape index (κ2) is 3.92. The van der Waals surface area contributed by atoms with Gasteiger partial charge in [0.2, 0.25) is 0 Å². The first-order chi connectivity index (χ1) is 7.16. The van der Waals surface area contributed by atoms with Crippen LogP contribution in [0.2, 0.25) is 0 Å². The summed E-state index contributed by atoms with van der Waals surface area (Å²) >= 11 is 0. The van der Waals surface area contributed by atoms with Gasteiger partial charge in [-0.15, -0.1) is 0 Å². The molecule has 0 radical (unpaired) electrons. The number of amides is 1. The first-order valence-corrected chi connectivity index (χ1v) is 4.50. The molecule has 1 aromatic carbocycles. The van der Waals surface area contributed by atoms with Crippen molar-refractivity contribution in [1.82, 2.24) is 0 Å². The highest BCUT2D eigenvalue weighted by Gasteiger charge is 2.27. The first-order valence-electron chi connectivity index (χ1n) is 4.50. The van der Waals surface area contributed by atoms with Crippen molar-refractivity contribution in [3.8, 4) is 5.75 Å². The molecule has 0 saturated heterocycles. The number of rotatable bonds is 3. The second-order valence-electron chi connectivity index (χ2n) is 3.28. The molecule has 0 aromatic heterocycles. The summed E-state index contributed by atoms with van der Waals surface area (Å²) in [5.41, 5.74) is 6.55. The van der Waals surface area contributed by atoms with Gasteiger partial charge < -0.3 is 20.1 Å². The molecule has 0 saturated carbocycles. The molecule has 1 aliphatic heterocycles. The van der Waals surface area contributed by atoms with Crippen LogP contribution in [0.4, 0.5) is 0 Å². The topological polar surface area (TPSA) is 81.8 Å². The molecule has 0 fully saturated rings. The SMILES string of the molecule is NC(=O)COc1ccc2c(c1)B(O)OC2. The summed E-state index contributed by atoms with van der Waals surface area (Å²) in [4.78, 5) is 10.5. The average Bonchev–Trinajstić information content (AvgIpc) is 2.57. The lowest BCUT2D eigenvalue weighted by molar-refractivity contribution is -0.119. The van der Waals surface area contributed by atoms with Crippen LogP contribution in [0.25, 0.3) is 0 Å². The van der Waals surface area contributed by atoms with Gasteiger partial charge in [-0.2, -0.15) is 0 Å². The molecule has 1 amide bonds. The van der Waals surface area contributed by atoms with Gasteiger partial charge in [-0.3, -0.25) is 4.79 Å². The number of primary amides is 1. The van der Waals surface area contributed by atoms with E-state index >= 15 is 0 Å². The standard InChI is InChI=1S/C9H10BNO4/c11-9(12)5-14-7-2-1-6-4-15-10(13)8(6)3-7/h1-3,13H,4-5H2,(H2,11,12). The Hall–Kier alpha value is -1.53. The summed E-state index contributed by atoms with van der Waals surface area (Å²) in [5.74, 6) is -0.0376. The number of fused-ring (bicyclic) bond motifs is 1. The minimum Gasteiger partial charge on any atom is -0.484 e. The van der Waals surface area contributed by atoms with Crippen molar-refractivity contribution in [1.29, 1.82) is 0 Å². The molecule has 6 heteroatoms. The third-order valence-electron chi connectivity index (χ3n) is 2.16. The molecule has 5 nitrogen and oxygen atoms in total. The summed E-state index contributed by atoms with van der Waals surface area (Å²) in [6.45, 7) is 0.225. The highest BCUT2D eigenvalue weighted by atomic mass is 16.5. The van der Waals surface area contributed by atoms with E-state index in [1.807, 2.05) is 0 Å². The summed E-state index contributed by atoms with van der Waals surface area (Å²) in [6.07, 6.45) is 0. The fraction of sp³-hybridized carbons (Fsp3) is 0.222. The van der Waals surface area contributed by atoms with Crippen molar-refractivity contribution in [2.75, 3.05) is 6.61 Å². The molecule has 0 aliphatic carbocycles. The minimum absolute atomic E-state index is 0.171.